The summed E-state index contributed by atoms with van der Waals surface area (Å²) < 4.78 is 0. The van der Waals surface area contributed by atoms with E-state index in [1.54, 1.807) is 88.6 Å². The molecule has 0 spiro atoms. The van der Waals surface area contributed by atoms with Crippen LogP contribution in [0.4, 0.5) is 0 Å². The molecule has 0 unspecified atom stereocenters. The number of rotatable bonds is 24. The summed E-state index contributed by atoms with van der Waals surface area (Å²) in [6.45, 7) is 5.74. The van der Waals surface area contributed by atoms with Crippen LogP contribution in [-0.2, 0) is 51.2 Å². The lowest BCUT2D eigenvalue weighted by molar-refractivity contribution is -0.143. The van der Waals surface area contributed by atoms with E-state index in [1.807, 2.05) is 0 Å². The van der Waals surface area contributed by atoms with E-state index in [4.69, 9.17) is 5.73 Å². The fraction of sp³-hybridized carbons (Fsp3) is 0.442. The van der Waals surface area contributed by atoms with E-state index in [-0.39, 0.29) is 37.5 Å². The van der Waals surface area contributed by atoms with Crippen molar-refractivity contribution in [3.63, 3.8) is 0 Å². The first-order valence-corrected chi connectivity index (χ1v) is 20.6. The van der Waals surface area contributed by atoms with Crippen molar-refractivity contribution in [2.75, 3.05) is 13.2 Å². The monoisotopic (exact) mass is 875 g/mol. The average Bonchev–Trinajstić information content (AvgIpc) is 3.84. The molecule has 0 aliphatic heterocycles. The Morgan fingerprint density at radius 1 is 0.556 bits per heavy atom. The minimum absolute atomic E-state index is 0.0658. The second kappa shape index (κ2) is 22.9. The highest BCUT2D eigenvalue weighted by atomic mass is 16.4. The van der Waals surface area contributed by atoms with Gasteiger partial charge in [-0.1, -0.05) is 64.1 Å². The number of H-pyrrole nitrogens is 2. The number of amides is 6. The molecule has 0 saturated carbocycles. The number of carboxylic acid groups (broad SMARTS) is 2. The molecular weight excluding hydrogens is 819 g/mol. The molecule has 0 fully saturated rings. The molecule has 20 nitrogen and oxygen atoms in total. The number of aromatic amines is 2. The predicted molar refractivity (Wildman–Crippen MR) is 231 cm³/mol. The number of carbonyl (C=O) groups is 8. The molecule has 6 atom stereocenters. The van der Waals surface area contributed by atoms with Crippen LogP contribution >= 0.6 is 0 Å². The molecule has 0 bridgehead atoms. The highest BCUT2D eigenvalue weighted by Crippen LogP contribution is 2.21. The number of hydrogen-bond acceptors (Lipinski definition) is 10. The zero-order valence-corrected chi connectivity index (χ0v) is 35.5. The Hall–Kier alpha value is -6.80. The number of carbonyl (C=O) groups excluding carboxylic acids is 6. The Labute approximate surface area is 362 Å². The number of para-hydroxylation sites is 2. The molecule has 0 aliphatic rings. The van der Waals surface area contributed by atoms with Gasteiger partial charge in [-0.2, -0.15) is 0 Å². The summed E-state index contributed by atoms with van der Waals surface area (Å²) in [5.41, 5.74) is 7.97. The number of nitrogens with two attached hydrogens (primary N) is 1. The summed E-state index contributed by atoms with van der Waals surface area (Å²) >= 11 is 0. The number of carboxylic acids is 2. The van der Waals surface area contributed by atoms with E-state index in [0.717, 1.165) is 0 Å². The molecule has 2 aromatic heterocycles. The first-order valence-electron chi connectivity index (χ1n) is 20.6. The minimum atomic E-state index is -1.74. The van der Waals surface area contributed by atoms with Crippen LogP contribution in [0.1, 0.15) is 58.1 Å². The molecule has 2 heterocycles. The number of aliphatic hydroxyl groups is 1. The van der Waals surface area contributed by atoms with Crippen molar-refractivity contribution in [1.82, 2.24) is 41.9 Å². The molecule has 63 heavy (non-hydrogen) atoms. The Balaban J connectivity index is 1.69. The summed E-state index contributed by atoms with van der Waals surface area (Å²) in [5, 5.41) is 45.9. The molecule has 4 rings (SSSR count). The van der Waals surface area contributed by atoms with Crippen molar-refractivity contribution in [3.05, 3.63) is 72.1 Å². The number of aliphatic hydroxyl groups excluding tert-OH is 1. The third-order valence-electron chi connectivity index (χ3n) is 10.2. The number of benzene rings is 2. The van der Waals surface area contributed by atoms with Crippen LogP contribution in [-0.4, -0.2) is 122 Å². The standard InChI is InChI=1S/C43H57N9O11/c1-22(2)13-30(47-36(54)18-44)38(57)50-33(17-37(55)56)41(60)49-31(15-24-19-45-28-11-7-5-9-26(24)28)39(58)48-32(16-25-20-46-29-12-8-6-10-27(25)29)40(59)52-35(21-53)42(61)51-34(43(62)63)14-23(3)4/h5-12,19-20,22-23,30-35,45-46,53H,13-18,21,44H2,1-4H3,(H,47,54)(H,48,58)(H,49,60)(H,50,57)(H,51,61)(H,52,59)(H,55,56)(H,62,63)/t30-,31-,32-,33-,34-,35-/m0/s1. The second-order valence-corrected chi connectivity index (χ2v) is 16.1. The fourth-order valence-electron chi connectivity index (χ4n) is 7.05. The van der Waals surface area contributed by atoms with E-state index < -0.39 is 103 Å². The number of hydrogen-bond donors (Lipinski definition) is 12. The van der Waals surface area contributed by atoms with Crippen LogP contribution in [0, 0.1) is 11.8 Å². The Kier molecular flexibility index (Phi) is 17.7. The number of nitrogens with one attached hydrogen (secondary N) is 8. The van der Waals surface area contributed by atoms with Gasteiger partial charge in [0.2, 0.25) is 35.4 Å². The van der Waals surface area contributed by atoms with Gasteiger partial charge in [-0.25, -0.2) is 4.79 Å². The number of aromatic nitrogens is 2. The molecule has 20 heteroatoms. The molecule has 340 valence electrons. The highest BCUT2D eigenvalue weighted by molar-refractivity contribution is 5.98. The molecular formula is C43H57N9O11. The van der Waals surface area contributed by atoms with Crippen LogP contribution < -0.4 is 37.6 Å². The largest absolute Gasteiger partial charge is 0.481 e. The number of fused-ring (bicyclic) bond motifs is 2. The van der Waals surface area contributed by atoms with Gasteiger partial charge in [-0.3, -0.25) is 33.6 Å². The van der Waals surface area contributed by atoms with Gasteiger partial charge in [0.25, 0.3) is 0 Å². The SMILES string of the molecule is CC(C)C[C@H](NC(=O)[C@H](CO)NC(=O)[C@H](Cc1c[nH]c2ccccc12)NC(=O)[C@H](Cc1c[nH]c2ccccc12)NC(=O)[C@H](CC(=O)O)NC(=O)[C@H](CC(C)C)NC(=O)CN)C(=O)O. The molecule has 2 aromatic carbocycles. The number of aliphatic carboxylic acids is 2. The van der Waals surface area contributed by atoms with Gasteiger partial charge in [-0.05, 0) is 47.9 Å². The van der Waals surface area contributed by atoms with Crippen molar-refractivity contribution in [2.45, 2.75) is 96.1 Å². The minimum Gasteiger partial charge on any atom is -0.481 e. The molecule has 13 N–H and O–H groups in total. The van der Waals surface area contributed by atoms with E-state index in [9.17, 15) is 53.7 Å². The van der Waals surface area contributed by atoms with Gasteiger partial charge in [0.15, 0.2) is 0 Å². The second-order valence-electron chi connectivity index (χ2n) is 16.1. The average molecular weight is 876 g/mol. The molecule has 4 aromatic rings. The van der Waals surface area contributed by atoms with Crippen molar-refractivity contribution < 1.29 is 53.7 Å². The third-order valence-corrected chi connectivity index (χ3v) is 10.2. The van der Waals surface area contributed by atoms with E-state index >= 15 is 0 Å². The first-order chi connectivity index (χ1) is 29.9. The predicted octanol–water partition coefficient (Wildman–Crippen LogP) is -0.0543. The van der Waals surface area contributed by atoms with Crippen molar-refractivity contribution in [2.24, 2.45) is 17.6 Å². The maximum atomic E-state index is 14.5. The van der Waals surface area contributed by atoms with Gasteiger partial charge in [0.05, 0.1) is 19.6 Å². The summed E-state index contributed by atoms with van der Waals surface area (Å²) in [4.78, 5) is 112. The maximum Gasteiger partial charge on any atom is 0.326 e. The fourth-order valence-corrected chi connectivity index (χ4v) is 7.05. The van der Waals surface area contributed by atoms with Gasteiger partial charge in [0, 0.05) is 47.0 Å². The maximum absolute atomic E-state index is 14.5. The molecule has 0 radical (unpaired) electrons. The van der Waals surface area contributed by atoms with Gasteiger partial charge in [-0.15, -0.1) is 0 Å². The van der Waals surface area contributed by atoms with E-state index in [1.165, 1.54) is 0 Å². The molecule has 0 aliphatic carbocycles. The highest BCUT2D eigenvalue weighted by Gasteiger charge is 2.35. The Bertz CT molecular complexity index is 2270. The van der Waals surface area contributed by atoms with Gasteiger partial charge >= 0.3 is 11.9 Å². The normalized spacial score (nSPS) is 14.2. The lowest BCUT2D eigenvalue weighted by Gasteiger charge is -2.27. The van der Waals surface area contributed by atoms with Crippen LogP contribution in [0.5, 0.6) is 0 Å². The Morgan fingerprint density at radius 2 is 0.952 bits per heavy atom. The van der Waals surface area contributed by atoms with Crippen LogP contribution in [0.3, 0.4) is 0 Å². The van der Waals surface area contributed by atoms with Crippen molar-refractivity contribution >= 4 is 69.2 Å². The summed E-state index contributed by atoms with van der Waals surface area (Å²) in [6.07, 6.45) is 2.15. The lowest BCUT2D eigenvalue weighted by Crippen LogP contribution is -2.61. The van der Waals surface area contributed by atoms with Crippen LogP contribution in [0.2, 0.25) is 0 Å². The molecule has 0 saturated heterocycles. The van der Waals surface area contributed by atoms with Crippen LogP contribution in [0.25, 0.3) is 21.8 Å². The van der Waals surface area contributed by atoms with Crippen molar-refractivity contribution in [1.29, 1.82) is 0 Å². The zero-order chi connectivity index (χ0) is 46.4. The summed E-state index contributed by atoms with van der Waals surface area (Å²) in [7, 11) is 0. The molecule has 6 amide bonds. The Morgan fingerprint density at radius 3 is 1.40 bits per heavy atom. The topological polar surface area (TPSA) is 327 Å². The van der Waals surface area contributed by atoms with Gasteiger partial charge < -0.3 is 62.9 Å². The smallest absolute Gasteiger partial charge is 0.326 e. The third kappa shape index (κ3) is 14.1. The van der Waals surface area contributed by atoms with E-state index in [0.29, 0.717) is 32.9 Å². The first kappa shape index (κ1) is 48.9. The van der Waals surface area contributed by atoms with Gasteiger partial charge in [0.1, 0.15) is 36.3 Å². The quantitative estimate of drug-likeness (QED) is 0.0441. The zero-order valence-electron chi connectivity index (χ0n) is 35.5. The lowest BCUT2D eigenvalue weighted by atomic mass is 10.0. The summed E-state index contributed by atoms with van der Waals surface area (Å²) in [6, 6.07) is 5.40. The summed E-state index contributed by atoms with van der Waals surface area (Å²) in [5.74, 6) is -8.44. The van der Waals surface area contributed by atoms with E-state index in [2.05, 4.69) is 41.9 Å². The van der Waals surface area contributed by atoms with Crippen molar-refractivity contribution in [3.8, 4) is 0 Å². The van der Waals surface area contributed by atoms with Crippen LogP contribution in [0.15, 0.2) is 60.9 Å².